The van der Waals surface area contributed by atoms with Crippen molar-refractivity contribution < 1.29 is 38.4 Å². The van der Waals surface area contributed by atoms with E-state index in [0.29, 0.717) is 80.0 Å². The van der Waals surface area contributed by atoms with Crippen LogP contribution in [-0.4, -0.2) is 77.6 Å². The van der Waals surface area contributed by atoms with Gasteiger partial charge in [-0.15, -0.1) is 0 Å². The van der Waals surface area contributed by atoms with Gasteiger partial charge in [0.05, 0.1) is 17.7 Å². The van der Waals surface area contributed by atoms with E-state index in [0.717, 1.165) is 43.2 Å². The number of Topliss-reactive ketones (excluding diaryl/α,β-unsaturated/α-hetero) is 3. The van der Waals surface area contributed by atoms with Gasteiger partial charge in [-0.2, -0.15) is 0 Å². The summed E-state index contributed by atoms with van der Waals surface area (Å²) in [6.07, 6.45) is 9.12. The number of benzene rings is 3. The maximum atomic E-state index is 14.7. The molecular weight excluding hydrogens is 853 g/mol. The number of nitrogens with one attached hydrogen (secondary N) is 1. The maximum absolute atomic E-state index is 14.7. The summed E-state index contributed by atoms with van der Waals surface area (Å²) in [6, 6.07) is 19.1. The number of unbranched alkanes of at least 4 members (excludes halogenated alkanes) is 2. The normalized spacial score (nSPS) is 26.7. The first-order valence-corrected chi connectivity index (χ1v) is 25.6. The molecule has 0 unspecified atom stereocenters. The summed E-state index contributed by atoms with van der Waals surface area (Å²) < 4.78 is 13.2. The maximum Gasteiger partial charge on any atom is 0.461 e. The zero-order valence-corrected chi connectivity index (χ0v) is 41.7. The summed E-state index contributed by atoms with van der Waals surface area (Å²) in [5.74, 6) is -2.10. The fourth-order valence-electron chi connectivity index (χ4n) is 11.8. The predicted molar refractivity (Wildman–Crippen MR) is 267 cm³/mol. The fraction of sp³-hybridized carbons (Fsp3) is 0.589. The van der Waals surface area contributed by atoms with Gasteiger partial charge in [-0.3, -0.25) is 24.0 Å². The number of carbonyl (C=O) groups is 5. The molecule has 3 aromatic rings. The van der Waals surface area contributed by atoms with Crippen molar-refractivity contribution in [1.29, 1.82) is 0 Å². The Balaban J connectivity index is 1.05. The molecule has 4 fully saturated rings. The minimum atomic E-state index is -1.09. The van der Waals surface area contributed by atoms with Crippen LogP contribution in [0.4, 0.5) is 0 Å². The van der Waals surface area contributed by atoms with Crippen LogP contribution in [0, 0.1) is 29.1 Å². The second-order valence-corrected chi connectivity index (χ2v) is 21.6. The molecule has 4 bridgehead atoms. The van der Waals surface area contributed by atoms with E-state index < -0.39 is 42.5 Å². The number of phenolic OH excluding ortho intramolecular Hbond substituents is 1. The van der Waals surface area contributed by atoms with Gasteiger partial charge >= 0.3 is 7.12 Å². The Morgan fingerprint density at radius 3 is 2.32 bits per heavy atom. The molecule has 2 heterocycles. The van der Waals surface area contributed by atoms with Crippen LogP contribution in [0.5, 0.6) is 5.75 Å². The van der Waals surface area contributed by atoms with Crippen molar-refractivity contribution in [3.05, 3.63) is 89.0 Å². The van der Waals surface area contributed by atoms with Crippen LogP contribution in [0.2, 0.25) is 5.82 Å². The number of carbonyl (C=O) groups excluding carboxylic acids is 5. The van der Waals surface area contributed by atoms with Gasteiger partial charge in [0.2, 0.25) is 11.8 Å². The Morgan fingerprint density at radius 1 is 0.941 bits per heavy atom. The molecule has 5 aliphatic rings. The lowest BCUT2D eigenvalue weighted by molar-refractivity contribution is -0.199. The average Bonchev–Trinajstić information content (AvgIpc) is 3.69. The van der Waals surface area contributed by atoms with Crippen molar-refractivity contribution in [1.82, 2.24) is 10.2 Å². The lowest BCUT2D eigenvalue weighted by atomic mass is 9.43. The van der Waals surface area contributed by atoms with E-state index in [9.17, 15) is 29.1 Å². The van der Waals surface area contributed by atoms with Gasteiger partial charge in [-0.25, -0.2) is 0 Å². The van der Waals surface area contributed by atoms with Gasteiger partial charge in [0.15, 0.2) is 17.3 Å². The number of likely N-dealkylation sites (N-methyl/N-ethyl adjacent to an activating group) is 1. The van der Waals surface area contributed by atoms with Gasteiger partial charge in [0.25, 0.3) is 0 Å². The molecule has 3 aromatic carbocycles. The van der Waals surface area contributed by atoms with E-state index in [1.54, 1.807) is 32.2 Å². The minimum absolute atomic E-state index is 0.000538. The van der Waals surface area contributed by atoms with Crippen LogP contribution in [0.1, 0.15) is 158 Å². The monoisotopic (exact) mass is 930 g/mol. The largest absolute Gasteiger partial charge is 0.508 e. The molecule has 1 saturated heterocycles. The van der Waals surface area contributed by atoms with E-state index in [2.05, 4.69) is 57.3 Å². The molecule has 11 nitrogen and oxygen atoms in total. The first kappa shape index (κ1) is 51.2. The standard InChI is InChI=1S/C56H76BN3O8/c1-8-9-14-37-18-20-38(21-19-37)39-22-24-40(25-23-39)47(62)32-43(16-12-13-28-58)54(66)60(7)52-42-26-27-46(61)41(31-42)15-10-11-17-45(59-53(65)35(2)29-49(52)64)48(63)30-36(3)57-67-51-34-44-33-50(55(44,4)5)56(51,6)68-57/h18-27,31,35-36,43-45,50-52,61H,8-17,28-30,32-34,58H2,1-7H3,(H,59,65)/t35-,36-,43-,44+,45+,50+,51-,52+,56+/m1/s1. The topological polar surface area (TPSA) is 165 Å². The number of hydrogen-bond donors (Lipinski definition) is 3. The first-order valence-electron chi connectivity index (χ1n) is 25.6. The zero-order valence-electron chi connectivity index (χ0n) is 41.7. The predicted octanol–water partition coefficient (Wildman–Crippen LogP) is 9.80. The minimum Gasteiger partial charge on any atom is -0.508 e. The smallest absolute Gasteiger partial charge is 0.461 e. The molecule has 3 aliphatic carbocycles. The van der Waals surface area contributed by atoms with Gasteiger partial charge in [0, 0.05) is 43.7 Å². The summed E-state index contributed by atoms with van der Waals surface area (Å²) in [6.45, 7) is 13.1. The fourth-order valence-corrected chi connectivity index (χ4v) is 11.8. The number of aryl methyl sites for hydroxylation is 2. The molecule has 0 aromatic heterocycles. The Labute approximate surface area is 405 Å². The summed E-state index contributed by atoms with van der Waals surface area (Å²) in [5, 5.41) is 14.0. The van der Waals surface area contributed by atoms with E-state index in [4.69, 9.17) is 15.0 Å². The van der Waals surface area contributed by atoms with Crippen molar-refractivity contribution in [3.63, 3.8) is 0 Å². The third-order valence-electron chi connectivity index (χ3n) is 16.4. The van der Waals surface area contributed by atoms with Gasteiger partial charge in [-0.05, 0) is 134 Å². The van der Waals surface area contributed by atoms with Crippen LogP contribution in [0.15, 0.2) is 66.7 Å². The molecule has 0 spiro atoms. The number of nitrogens with two attached hydrogens (primary N) is 1. The summed E-state index contributed by atoms with van der Waals surface area (Å²) in [7, 11) is 1.07. The highest BCUT2D eigenvalue weighted by atomic mass is 16.7. The number of fused-ring (bicyclic) bond motifs is 2. The van der Waals surface area contributed by atoms with Gasteiger partial charge in [-0.1, -0.05) is 108 Å². The molecule has 0 radical (unpaired) electrons. The zero-order chi connectivity index (χ0) is 48.9. The van der Waals surface area contributed by atoms with Crippen LogP contribution >= 0.6 is 0 Å². The summed E-state index contributed by atoms with van der Waals surface area (Å²) in [4.78, 5) is 72.8. The van der Waals surface area contributed by atoms with Crippen LogP contribution in [0.3, 0.4) is 0 Å². The molecule has 2 aliphatic heterocycles. The van der Waals surface area contributed by atoms with Crippen molar-refractivity contribution in [3.8, 4) is 16.9 Å². The summed E-state index contributed by atoms with van der Waals surface area (Å²) in [5.41, 5.74) is 10.7. The Morgan fingerprint density at radius 2 is 1.65 bits per heavy atom. The molecule has 8 rings (SSSR count). The Kier molecular flexibility index (Phi) is 16.5. The van der Waals surface area contributed by atoms with E-state index in [1.165, 1.54) is 10.5 Å². The van der Waals surface area contributed by atoms with E-state index in [-0.39, 0.29) is 65.6 Å². The number of hydrogen-bond acceptors (Lipinski definition) is 9. The van der Waals surface area contributed by atoms with Crippen LogP contribution < -0.4 is 11.1 Å². The molecule has 2 amide bonds. The highest BCUT2D eigenvalue weighted by molar-refractivity contribution is 6.47. The first-order chi connectivity index (χ1) is 32.4. The average molecular weight is 930 g/mol. The molecule has 3 saturated carbocycles. The number of phenols is 1. The highest BCUT2D eigenvalue weighted by Gasteiger charge is 2.68. The molecule has 12 heteroatoms. The van der Waals surface area contributed by atoms with Crippen molar-refractivity contribution >= 4 is 36.3 Å². The van der Waals surface area contributed by atoms with Crippen molar-refractivity contribution in [2.45, 2.75) is 167 Å². The number of aromatic hydroxyl groups is 1. The molecule has 366 valence electrons. The number of rotatable bonds is 17. The third-order valence-corrected chi connectivity index (χ3v) is 16.4. The lowest BCUT2D eigenvalue weighted by Gasteiger charge is -2.64. The molecule has 4 N–H and O–H groups in total. The van der Waals surface area contributed by atoms with Crippen LogP contribution in [-0.2, 0) is 41.3 Å². The Hall–Kier alpha value is -4.65. The summed E-state index contributed by atoms with van der Waals surface area (Å²) >= 11 is 0. The van der Waals surface area contributed by atoms with E-state index in [1.807, 2.05) is 31.2 Å². The van der Waals surface area contributed by atoms with Crippen molar-refractivity contribution in [2.75, 3.05) is 13.6 Å². The molecular formula is C56H76BN3O8. The highest BCUT2D eigenvalue weighted by Crippen LogP contribution is 2.66. The van der Waals surface area contributed by atoms with Crippen LogP contribution in [0.25, 0.3) is 11.1 Å². The quantitative estimate of drug-likeness (QED) is 0.0679. The SMILES string of the molecule is CCCCc1ccc(-c2ccc(C(=O)C[C@@H](CCCCN)C(=O)N(C)[C@@H]3C(=O)C[C@@H](C)C(=O)N[C@H](C(=O)C[C@@H](C)B4O[C@@H]5C[C@@H]6C[C@@H](C6(C)C)[C@]5(C)O4)CCCCc4cc3ccc4O)cc2)cc1. The second-order valence-electron chi connectivity index (χ2n) is 21.6. The number of nitrogens with zero attached hydrogens (tertiary/aromatic N) is 1. The number of amides is 2. The second kappa shape index (κ2) is 22.0. The van der Waals surface area contributed by atoms with Gasteiger partial charge in [0.1, 0.15) is 11.8 Å². The molecule has 9 atom stereocenters. The van der Waals surface area contributed by atoms with Crippen molar-refractivity contribution in [2.24, 2.45) is 34.8 Å². The number of ketones is 3. The van der Waals surface area contributed by atoms with E-state index >= 15 is 0 Å². The Bertz CT molecular complexity index is 2280. The lowest BCUT2D eigenvalue weighted by Crippen LogP contribution is -2.65. The van der Waals surface area contributed by atoms with Gasteiger partial charge < -0.3 is 30.4 Å². The third kappa shape index (κ3) is 11.2. The molecule has 68 heavy (non-hydrogen) atoms.